The van der Waals surface area contributed by atoms with Crippen molar-refractivity contribution in [3.63, 3.8) is 0 Å². The second-order valence-electron chi connectivity index (χ2n) is 5.24. The smallest absolute Gasteiger partial charge is 0.151 e. The van der Waals surface area contributed by atoms with Gasteiger partial charge >= 0.3 is 0 Å². The fraction of sp³-hybridized carbons (Fsp3) is 0.692. The van der Waals surface area contributed by atoms with Crippen LogP contribution in [0.4, 0.5) is 5.82 Å². The molecule has 1 atom stereocenters. The monoisotopic (exact) mass is 249 g/mol. The van der Waals surface area contributed by atoms with Gasteiger partial charge in [0, 0.05) is 19.6 Å². The first-order valence-electron chi connectivity index (χ1n) is 6.42. The van der Waals surface area contributed by atoms with Gasteiger partial charge < -0.3 is 14.4 Å². The molecule has 1 aromatic heterocycles. The van der Waals surface area contributed by atoms with Gasteiger partial charge in [0.15, 0.2) is 5.82 Å². The van der Waals surface area contributed by atoms with Crippen molar-refractivity contribution in [2.75, 3.05) is 38.3 Å². The molecule has 2 aliphatic rings. The lowest BCUT2D eigenvalue weighted by atomic mass is 9.81. The van der Waals surface area contributed by atoms with Gasteiger partial charge in [0.1, 0.15) is 5.60 Å². The first kappa shape index (κ1) is 11.9. The zero-order valence-electron chi connectivity index (χ0n) is 10.9. The van der Waals surface area contributed by atoms with Crippen LogP contribution in [0.3, 0.4) is 0 Å². The summed E-state index contributed by atoms with van der Waals surface area (Å²) in [5.41, 5.74) is 0.936. The van der Waals surface area contributed by atoms with Crippen LogP contribution in [0, 0.1) is 12.8 Å². The number of hydrogen-bond donors (Lipinski definition) is 0. The van der Waals surface area contributed by atoms with Crippen molar-refractivity contribution in [3.8, 4) is 0 Å². The number of nitrogens with zero attached hydrogens (tertiary/aromatic N) is 3. The minimum Gasteiger partial charge on any atom is -0.384 e. The molecule has 0 unspecified atom stereocenters. The first-order chi connectivity index (χ1) is 8.73. The van der Waals surface area contributed by atoms with Gasteiger partial charge in [-0.3, -0.25) is 0 Å². The zero-order valence-corrected chi connectivity index (χ0v) is 10.9. The molecule has 1 spiro atoms. The van der Waals surface area contributed by atoms with E-state index < -0.39 is 0 Å². The molecule has 0 aliphatic carbocycles. The highest BCUT2D eigenvalue weighted by Gasteiger charge is 2.53. The van der Waals surface area contributed by atoms with Crippen LogP contribution in [0.15, 0.2) is 12.1 Å². The minimum absolute atomic E-state index is 0.0113. The summed E-state index contributed by atoms with van der Waals surface area (Å²) in [5, 5.41) is 8.31. The molecule has 2 aliphatic heterocycles. The second kappa shape index (κ2) is 4.48. The summed E-state index contributed by atoms with van der Waals surface area (Å²) >= 11 is 0. The Kier molecular flexibility index (Phi) is 2.95. The summed E-state index contributed by atoms with van der Waals surface area (Å²) in [6.45, 7) is 5.38. The Labute approximate surface area is 107 Å². The average molecular weight is 249 g/mol. The van der Waals surface area contributed by atoms with Gasteiger partial charge in [-0.1, -0.05) is 0 Å². The van der Waals surface area contributed by atoms with Crippen LogP contribution in [-0.2, 0) is 9.47 Å². The van der Waals surface area contributed by atoms with Crippen molar-refractivity contribution in [3.05, 3.63) is 17.8 Å². The summed E-state index contributed by atoms with van der Waals surface area (Å²) in [6.07, 6.45) is 1.10. The van der Waals surface area contributed by atoms with Gasteiger partial charge in [0.2, 0.25) is 0 Å². The normalized spacial score (nSPS) is 25.4. The summed E-state index contributed by atoms with van der Waals surface area (Å²) in [5.74, 6) is 1.45. The molecule has 0 N–H and O–H groups in total. The van der Waals surface area contributed by atoms with E-state index >= 15 is 0 Å². The fourth-order valence-electron chi connectivity index (χ4n) is 2.89. The van der Waals surface area contributed by atoms with E-state index in [1.165, 1.54) is 0 Å². The molecule has 1 aromatic rings. The van der Waals surface area contributed by atoms with Crippen LogP contribution in [0.2, 0.25) is 0 Å². The molecule has 2 fully saturated rings. The molecule has 3 rings (SSSR count). The Hall–Kier alpha value is -1.20. The molecule has 0 bridgehead atoms. The predicted octanol–water partition coefficient (Wildman–Crippen LogP) is 1.03. The van der Waals surface area contributed by atoms with Gasteiger partial charge in [-0.15, -0.1) is 5.10 Å². The van der Waals surface area contributed by atoms with Gasteiger partial charge in [0.05, 0.1) is 25.4 Å². The Morgan fingerprint density at radius 1 is 1.44 bits per heavy atom. The maximum absolute atomic E-state index is 5.95. The van der Waals surface area contributed by atoms with E-state index in [4.69, 9.17) is 9.47 Å². The molecule has 5 heteroatoms. The summed E-state index contributed by atoms with van der Waals surface area (Å²) < 4.78 is 11.2. The third-order valence-corrected chi connectivity index (χ3v) is 3.99. The number of methoxy groups -OCH3 is 1. The molecular weight excluding hydrogens is 230 g/mol. The first-order valence-corrected chi connectivity index (χ1v) is 6.42. The topological polar surface area (TPSA) is 47.5 Å². The zero-order chi connectivity index (χ0) is 12.6. The summed E-state index contributed by atoms with van der Waals surface area (Å²) in [7, 11) is 1.76. The van der Waals surface area contributed by atoms with E-state index in [0.29, 0.717) is 5.92 Å². The van der Waals surface area contributed by atoms with Gasteiger partial charge in [0.25, 0.3) is 0 Å². The van der Waals surface area contributed by atoms with Crippen LogP contribution in [0.5, 0.6) is 0 Å². The lowest BCUT2D eigenvalue weighted by Crippen LogP contribution is -2.65. The molecule has 18 heavy (non-hydrogen) atoms. The number of hydrogen-bond acceptors (Lipinski definition) is 5. The van der Waals surface area contributed by atoms with Gasteiger partial charge in [-0.2, -0.15) is 5.10 Å². The maximum atomic E-state index is 5.95. The molecule has 0 radical (unpaired) electrons. The van der Waals surface area contributed by atoms with Crippen LogP contribution < -0.4 is 4.90 Å². The van der Waals surface area contributed by atoms with Crippen LogP contribution in [0.1, 0.15) is 12.1 Å². The Bertz CT molecular complexity index is 415. The van der Waals surface area contributed by atoms with E-state index in [1.54, 1.807) is 7.11 Å². The second-order valence-corrected chi connectivity index (χ2v) is 5.24. The van der Waals surface area contributed by atoms with E-state index in [9.17, 15) is 0 Å². The summed E-state index contributed by atoms with van der Waals surface area (Å²) in [4.78, 5) is 2.22. The molecule has 3 heterocycles. The SMILES string of the molecule is COC[C@@H]1CCOC12CN(c1ccc(C)nn1)C2. The molecular formula is C13H19N3O2. The molecule has 5 nitrogen and oxygen atoms in total. The predicted molar refractivity (Wildman–Crippen MR) is 67.6 cm³/mol. The van der Waals surface area contributed by atoms with Crippen molar-refractivity contribution in [1.29, 1.82) is 0 Å². The number of aromatic nitrogens is 2. The Balaban J connectivity index is 1.66. The maximum Gasteiger partial charge on any atom is 0.151 e. The van der Waals surface area contributed by atoms with E-state index in [-0.39, 0.29) is 5.60 Å². The van der Waals surface area contributed by atoms with Crippen LogP contribution >= 0.6 is 0 Å². The Morgan fingerprint density at radius 2 is 2.28 bits per heavy atom. The quantitative estimate of drug-likeness (QED) is 0.800. The van der Waals surface area contributed by atoms with E-state index in [2.05, 4.69) is 15.1 Å². The number of anilines is 1. The highest BCUT2D eigenvalue weighted by atomic mass is 16.5. The molecule has 0 saturated carbocycles. The van der Waals surface area contributed by atoms with Crippen molar-refractivity contribution in [2.24, 2.45) is 5.92 Å². The standard InChI is InChI=1S/C13H19N3O2/c1-10-3-4-12(15-14-10)16-8-13(9-16)11(7-17-2)5-6-18-13/h3-4,11H,5-9H2,1-2H3/t11-/m0/s1. The highest BCUT2D eigenvalue weighted by Crippen LogP contribution is 2.41. The Morgan fingerprint density at radius 3 is 2.94 bits per heavy atom. The number of ether oxygens (including phenoxy) is 2. The van der Waals surface area contributed by atoms with Crippen LogP contribution in [-0.4, -0.2) is 49.2 Å². The highest BCUT2D eigenvalue weighted by molar-refractivity contribution is 5.43. The van der Waals surface area contributed by atoms with Gasteiger partial charge in [-0.05, 0) is 25.5 Å². The largest absolute Gasteiger partial charge is 0.384 e. The van der Waals surface area contributed by atoms with E-state index in [0.717, 1.165) is 44.2 Å². The van der Waals surface area contributed by atoms with Crippen molar-refractivity contribution >= 4 is 5.82 Å². The molecule has 2 saturated heterocycles. The van der Waals surface area contributed by atoms with E-state index in [1.807, 2.05) is 19.1 Å². The fourth-order valence-corrected chi connectivity index (χ4v) is 2.89. The lowest BCUT2D eigenvalue weighted by molar-refractivity contribution is -0.0591. The lowest BCUT2D eigenvalue weighted by Gasteiger charge is -2.50. The average Bonchev–Trinajstić information content (AvgIpc) is 2.73. The molecule has 0 aromatic carbocycles. The summed E-state index contributed by atoms with van der Waals surface area (Å²) in [6, 6.07) is 4.02. The third kappa shape index (κ3) is 1.87. The number of rotatable bonds is 3. The van der Waals surface area contributed by atoms with Crippen molar-refractivity contribution in [2.45, 2.75) is 18.9 Å². The minimum atomic E-state index is -0.0113. The van der Waals surface area contributed by atoms with Gasteiger partial charge in [-0.25, -0.2) is 0 Å². The third-order valence-electron chi connectivity index (χ3n) is 3.99. The van der Waals surface area contributed by atoms with Crippen molar-refractivity contribution in [1.82, 2.24) is 10.2 Å². The van der Waals surface area contributed by atoms with Crippen LogP contribution in [0.25, 0.3) is 0 Å². The molecule has 98 valence electrons. The van der Waals surface area contributed by atoms with Crippen molar-refractivity contribution < 1.29 is 9.47 Å². The molecule has 0 amide bonds. The number of aryl methyl sites for hydroxylation is 1.